The maximum atomic E-state index is 13.0. The molecule has 0 spiro atoms. The number of hydrogen-bond acceptors (Lipinski definition) is 4. The zero-order chi connectivity index (χ0) is 17.2. The van der Waals surface area contributed by atoms with E-state index in [9.17, 15) is 13.2 Å². The molecule has 0 aliphatic rings. The molecular weight excluding hydrogens is 329 g/mol. The summed E-state index contributed by atoms with van der Waals surface area (Å²) >= 11 is 5.94. The molecule has 0 bridgehead atoms. The smallest absolute Gasteiger partial charge is 0.352 e. The molecule has 0 saturated heterocycles. The van der Waals surface area contributed by atoms with Crippen LogP contribution in [0.4, 0.5) is 30.6 Å². The van der Waals surface area contributed by atoms with Gasteiger partial charge >= 0.3 is 6.18 Å². The van der Waals surface area contributed by atoms with Crippen molar-refractivity contribution in [3.63, 3.8) is 0 Å². The van der Waals surface area contributed by atoms with Gasteiger partial charge in [-0.25, -0.2) is 4.98 Å². The fourth-order valence-corrected chi connectivity index (χ4v) is 1.97. The van der Waals surface area contributed by atoms with Crippen LogP contribution in [0.2, 0.25) is 5.02 Å². The van der Waals surface area contributed by atoms with Gasteiger partial charge < -0.3 is 10.6 Å². The first-order chi connectivity index (χ1) is 10.6. The molecule has 1 aromatic carbocycles. The van der Waals surface area contributed by atoms with Gasteiger partial charge in [-0.15, -0.1) is 0 Å². The first-order valence-electron chi connectivity index (χ1n) is 6.91. The van der Waals surface area contributed by atoms with Gasteiger partial charge in [-0.1, -0.05) is 11.6 Å². The van der Waals surface area contributed by atoms with Crippen molar-refractivity contribution in [3.05, 3.63) is 40.5 Å². The van der Waals surface area contributed by atoms with E-state index in [0.29, 0.717) is 10.7 Å². The zero-order valence-corrected chi connectivity index (χ0v) is 13.5. The normalized spacial score (nSPS) is 11.7. The summed E-state index contributed by atoms with van der Waals surface area (Å²) in [5.74, 6) is -0.0276. The van der Waals surface area contributed by atoms with Gasteiger partial charge in [-0.05, 0) is 44.5 Å². The maximum Gasteiger partial charge on any atom is 0.433 e. The number of nitrogens with one attached hydrogen (secondary N) is 2. The summed E-state index contributed by atoms with van der Waals surface area (Å²) in [5, 5.41) is 6.21. The summed E-state index contributed by atoms with van der Waals surface area (Å²) in [4.78, 5) is 7.58. The van der Waals surface area contributed by atoms with E-state index in [4.69, 9.17) is 11.6 Å². The van der Waals surface area contributed by atoms with Crippen LogP contribution in [0.25, 0.3) is 0 Å². The van der Waals surface area contributed by atoms with Gasteiger partial charge in [-0.3, -0.25) is 0 Å². The van der Waals surface area contributed by atoms with Crippen LogP contribution < -0.4 is 10.6 Å². The number of alkyl halides is 3. The monoisotopic (exact) mass is 344 g/mol. The van der Waals surface area contributed by atoms with Gasteiger partial charge in [0.15, 0.2) is 5.69 Å². The third-order valence-electron chi connectivity index (χ3n) is 2.86. The first kappa shape index (κ1) is 17.3. The Balaban J connectivity index is 2.37. The molecule has 0 atom stereocenters. The molecule has 2 aromatic rings. The fourth-order valence-electron chi connectivity index (χ4n) is 1.85. The Kier molecular flexibility index (Phi) is 4.99. The molecule has 8 heteroatoms. The predicted octanol–water partition coefficient (Wildman–Crippen LogP) is 5.02. The second-order valence-electron chi connectivity index (χ2n) is 5.35. The van der Waals surface area contributed by atoms with Gasteiger partial charge in [0.2, 0.25) is 5.95 Å². The molecule has 2 rings (SSSR count). The molecular formula is C15H16ClF3N4. The maximum absolute atomic E-state index is 13.0. The highest BCUT2D eigenvalue weighted by Gasteiger charge is 2.33. The molecule has 4 nitrogen and oxygen atoms in total. The number of anilines is 3. The van der Waals surface area contributed by atoms with Crippen LogP contribution in [0, 0.1) is 6.92 Å². The molecule has 2 N–H and O–H groups in total. The molecule has 23 heavy (non-hydrogen) atoms. The van der Waals surface area contributed by atoms with Gasteiger partial charge in [-0.2, -0.15) is 18.2 Å². The lowest BCUT2D eigenvalue weighted by atomic mass is 10.2. The molecule has 0 amide bonds. The van der Waals surface area contributed by atoms with Gasteiger partial charge in [0.25, 0.3) is 0 Å². The summed E-state index contributed by atoms with van der Waals surface area (Å²) in [6, 6.07) is 5.84. The van der Waals surface area contributed by atoms with E-state index in [-0.39, 0.29) is 17.8 Å². The van der Waals surface area contributed by atoms with Crippen molar-refractivity contribution in [2.75, 3.05) is 10.6 Å². The van der Waals surface area contributed by atoms with Crippen LogP contribution in [0.1, 0.15) is 25.1 Å². The lowest BCUT2D eigenvalue weighted by Gasteiger charge is -2.14. The molecule has 124 valence electrons. The van der Waals surface area contributed by atoms with Crippen LogP contribution in [0.15, 0.2) is 24.3 Å². The molecule has 1 aromatic heterocycles. The highest BCUT2D eigenvalue weighted by Crippen LogP contribution is 2.31. The highest BCUT2D eigenvalue weighted by molar-refractivity contribution is 6.31. The largest absolute Gasteiger partial charge is 0.433 e. The molecule has 0 unspecified atom stereocenters. The molecule has 0 fully saturated rings. The van der Waals surface area contributed by atoms with Crippen LogP contribution in [-0.4, -0.2) is 16.0 Å². The van der Waals surface area contributed by atoms with Crippen molar-refractivity contribution in [1.82, 2.24) is 9.97 Å². The van der Waals surface area contributed by atoms with Gasteiger partial charge in [0, 0.05) is 22.8 Å². The van der Waals surface area contributed by atoms with Crippen molar-refractivity contribution >= 4 is 29.1 Å². The van der Waals surface area contributed by atoms with E-state index >= 15 is 0 Å². The zero-order valence-electron chi connectivity index (χ0n) is 12.8. The minimum atomic E-state index is -4.55. The average molecular weight is 345 g/mol. The number of rotatable bonds is 4. The summed E-state index contributed by atoms with van der Waals surface area (Å²) in [6.07, 6.45) is -4.55. The summed E-state index contributed by atoms with van der Waals surface area (Å²) in [7, 11) is 0. The number of hydrogen-bond donors (Lipinski definition) is 2. The van der Waals surface area contributed by atoms with Crippen LogP contribution in [0.5, 0.6) is 0 Å². The Morgan fingerprint density at radius 2 is 1.83 bits per heavy atom. The fraction of sp³-hybridized carbons (Fsp3) is 0.333. The van der Waals surface area contributed by atoms with E-state index < -0.39 is 11.9 Å². The molecule has 0 aliphatic heterocycles. The van der Waals surface area contributed by atoms with Gasteiger partial charge in [0.05, 0.1) is 0 Å². The third-order valence-corrected chi connectivity index (χ3v) is 3.29. The Bertz CT molecular complexity index is 702. The second kappa shape index (κ2) is 6.62. The second-order valence-corrected chi connectivity index (χ2v) is 5.75. The number of aromatic nitrogens is 2. The van der Waals surface area contributed by atoms with Crippen molar-refractivity contribution < 1.29 is 13.2 Å². The quantitative estimate of drug-likeness (QED) is 0.817. The van der Waals surface area contributed by atoms with E-state index in [1.165, 1.54) is 0 Å². The van der Waals surface area contributed by atoms with Crippen LogP contribution in [0.3, 0.4) is 0 Å². The number of benzene rings is 1. The van der Waals surface area contributed by atoms with Crippen molar-refractivity contribution in [1.29, 1.82) is 0 Å². The Morgan fingerprint density at radius 3 is 2.39 bits per heavy atom. The van der Waals surface area contributed by atoms with E-state index in [1.54, 1.807) is 39.0 Å². The predicted molar refractivity (Wildman–Crippen MR) is 85.3 cm³/mol. The van der Waals surface area contributed by atoms with Crippen molar-refractivity contribution in [3.8, 4) is 0 Å². The summed E-state index contributed by atoms with van der Waals surface area (Å²) < 4.78 is 38.9. The minimum absolute atomic E-state index is 0.0530. The molecule has 0 radical (unpaired) electrons. The Morgan fingerprint density at radius 1 is 1.13 bits per heavy atom. The molecule has 0 saturated carbocycles. The lowest BCUT2D eigenvalue weighted by molar-refractivity contribution is -0.141. The van der Waals surface area contributed by atoms with Crippen molar-refractivity contribution in [2.45, 2.75) is 33.0 Å². The van der Waals surface area contributed by atoms with Crippen LogP contribution >= 0.6 is 11.6 Å². The number of halogens is 4. The van der Waals surface area contributed by atoms with Crippen LogP contribution in [-0.2, 0) is 6.18 Å². The van der Waals surface area contributed by atoms with E-state index in [0.717, 1.165) is 11.6 Å². The molecule has 1 heterocycles. The topological polar surface area (TPSA) is 49.8 Å². The summed E-state index contributed by atoms with van der Waals surface area (Å²) in [5.41, 5.74) is 0.389. The number of nitrogens with zero attached hydrogens (tertiary/aromatic N) is 2. The average Bonchev–Trinajstić information content (AvgIpc) is 2.41. The Labute approximate surface area is 137 Å². The van der Waals surface area contributed by atoms with Crippen molar-refractivity contribution in [2.24, 2.45) is 0 Å². The highest BCUT2D eigenvalue weighted by atomic mass is 35.5. The minimum Gasteiger partial charge on any atom is -0.352 e. The molecule has 0 aliphatic carbocycles. The lowest BCUT2D eigenvalue weighted by Crippen LogP contribution is -2.17. The SMILES string of the molecule is Cc1cc(Nc2cc(C(F)(F)F)nc(NC(C)C)n2)ccc1Cl. The first-order valence-corrected chi connectivity index (χ1v) is 7.29. The standard InChI is InChI=1S/C15H16ClF3N4/c1-8(2)20-14-22-12(15(17,18)19)7-13(23-14)21-10-4-5-11(16)9(3)6-10/h4-8H,1-3H3,(H2,20,21,22,23). The van der Waals surface area contributed by atoms with E-state index in [2.05, 4.69) is 20.6 Å². The summed E-state index contributed by atoms with van der Waals surface area (Å²) in [6.45, 7) is 5.39. The third kappa shape index (κ3) is 4.72. The number of aryl methyl sites for hydroxylation is 1. The van der Waals surface area contributed by atoms with Gasteiger partial charge in [0.1, 0.15) is 5.82 Å². The van der Waals surface area contributed by atoms with E-state index in [1.807, 2.05) is 0 Å². The Hall–Kier alpha value is -2.02.